The molecule has 14 heteroatoms. The zero-order chi connectivity index (χ0) is 27.8. The first-order valence-corrected chi connectivity index (χ1v) is 15.3. The Morgan fingerprint density at radius 2 is 1.63 bits per heavy atom. The van der Waals surface area contributed by atoms with Crippen LogP contribution in [0.5, 0.6) is 0 Å². The molecule has 0 bridgehead atoms. The molecule has 204 valence electrons. The molecular weight excluding hydrogens is 531 g/mol. The molecule has 1 atom stereocenters. The highest BCUT2D eigenvalue weighted by atomic mass is 32.2. The third-order valence-corrected chi connectivity index (χ3v) is 9.94. The summed E-state index contributed by atoms with van der Waals surface area (Å²) in [6.07, 6.45) is 0.868. The minimum absolute atomic E-state index is 0.118. The molecule has 0 saturated carbocycles. The number of rotatable bonds is 15. The smallest absolute Gasteiger partial charge is 0.289 e. The monoisotopic (exact) mass is 562 g/mol. The number of carbonyl (C=O) groups excluding carboxylic acids is 2. The van der Waals surface area contributed by atoms with Gasteiger partial charge in [-0.1, -0.05) is 34.9 Å². The maximum absolute atomic E-state index is 13.3. The molecule has 1 N–H and O–H groups in total. The van der Waals surface area contributed by atoms with Crippen LogP contribution in [0.15, 0.2) is 58.5 Å². The summed E-state index contributed by atoms with van der Waals surface area (Å²) < 4.78 is 46.4. The highest BCUT2D eigenvalue weighted by Crippen LogP contribution is 2.43. The fourth-order valence-electron chi connectivity index (χ4n) is 3.96. The van der Waals surface area contributed by atoms with Crippen molar-refractivity contribution in [3.8, 4) is 0 Å². The molecule has 0 saturated heterocycles. The molecule has 2 amide bonds. The Morgan fingerprint density at radius 1 is 1.03 bits per heavy atom. The minimum Gasteiger partial charge on any atom is -0.320 e. The van der Waals surface area contributed by atoms with Crippen molar-refractivity contribution in [2.24, 2.45) is 5.11 Å². The van der Waals surface area contributed by atoms with Crippen molar-refractivity contribution in [2.45, 2.75) is 31.1 Å². The van der Waals surface area contributed by atoms with Gasteiger partial charge in [0.1, 0.15) is 6.29 Å². The number of sulfonamides is 1. The lowest BCUT2D eigenvalue weighted by Gasteiger charge is -2.24. The van der Waals surface area contributed by atoms with Crippen LogP contribution in [0, 0.1) is 6.92 Å². The molecule has 3 rings (SSSR count). The fourth-order valence-corrected chi connectivity index (χ4v) is 6.95. The highest BCUT2D eigenvalue weighted by Gasteiger charge is 2.39. The quantitative estimate of drug-likeness (QED) is 0.0851. The second-order valence-electron chi connectivity index (χ2n) is 8.72. The van der Waals surface area contributed by atoms with E-state index in [0.717, 1.165) is 10.5 Å². The van der Waals surface area contributed by atoms with Crippen molar-refractivity contribution in [1.82, 2.24) is 14.3 Å². The number of azide groups is 1. The lowest BCUT2D eigenvalue weighted by molar-refractivity contribution is 0.0674. The molecule has 38 heavy (non-hydrogen) atoms. The van der Waals surface area contributed by atoms with Gasteiger partial charge in [-0.15, -0.1) is 0 Å². The summed E-state index contributed by atoms with van der Waals surface area (Å²) in [6.45, 7) is 2.60. The van der Waals surface area contributed by atoms with Crippen molar-refractivity contribution in [3.63, 3.8) is 0 Å². The first-order valence-electron chi connectivity index (χ1n) is 12.1. The standard InChI is InChI=1S/C24H31N6O6PS/c1-19-10-12-20(13-11-19)38(34,35)29(16-6-5-14-26-28-25)17-7-15-27-37(33,36-2)18-30-23(31)21-8-3-4-9-22(21)24(30)32/h3-4,8-13H,5-7,14-18H2,1-2H3,(H,27,33). The number of hydrogen-bond acceptors (Lipinski definition) is 7. The summed E-state index contributed by atoms with van der Waals surface area (Å²) in [7, 11) is -6.20. The topological polar surface area (TPSA) is 162 Å². The number of fused-ring (bicyclic) bond motifs is 1. The van der Waals surface area contributed by atoms with Crippen LogP contribution in [-0.4, -0.2) is 69.0 Å². The first-order chi connectivity index (χ1) is 18.1. The van der Waals surface area contributed by atoms with Crippen LogP contribution < -0.4 is 5.09 Å². The number of benzene rings is 2. The van der Waals surface area contributed by atoms with Crippen LogP contribution in [-0.2, 0) is 19.1 Å². The molecule has 0 radical (unpaired) electrons. The van der Waals surface area contributed by atoms with Gasteiger partial charge in [0.05, 0.1) is 16.0 Å². The molecule has 1 unspecified atom stereocenters. The molecule has 2 aromatic rings. The predicted molar refractivity (Wildman–Crippen MR) is 142 cm³/mol. The van der Waals surface area contributed by atoms with E-state index >= 15 is 0 Å². The van der Waals surface area contributed by atoms with Gasteiger partial charge < -0.3 is 4.52 Å². The van der Waals surface area contributed by atoms with Crippen LogP contribution in [0.1, 0.15) is 45.5 Å². The molecule has 0 spiro atoms. The van der Waals surface area contributed by atoms with E-state index in [1.807, 2.05) is 6.92 Å². The Morgan fingerprint density at radius 3 is 2.21 bits per heavy atom. The van der Waals surface area contributed by atoms with Gasteiger partial charge in [-0.2, -0.15) is 4.31 Å². The molecular formula is C24H31N6O6PS. The van der Waals surface area contributed by atoms with E-state index in [4.69, 9.17) is 10.1 Å². The van der Waals surface area contributed by atoms with Crippen molar-refractivity contribution < 1.29 is 27.1 Å². The maximum atomic E-state index is 13.3. The van der Waals surface area contributed by atoms with Gasteiger partial charge in [-0.3, -0.25) is 19.1 Å². The average Bonchev–Trinajstić information content (AvgIpc) is 3.14. The summed E-state index contributed by atoms with van der Waals surface area (Å²) in [5, 5.41) is 6.27. The maximum Gasteiger partial charge on any atom is 0.289 e. The summed E-state index contributed by atoms with van der Waals surface area (Å²) in [5.41, 5.74) is 9.87. The van der Waals surface area contributed by atoms with Crippen molar-refractivity contribution in [3.05, 3.63) is 75.7 Å². The fraction of sp³-hybridized carbons (Fsp3) is 0.417. The second-order valence-corrected chi connectivity index (χ2v) is 13.0. The Bertz CT molecular complexity index is 1330. The van der Waals surface area contributed by atoms with E-state index in [1.165, 1.54) is 23.5 Å². The number of imide groups is 1. The summed E-state index contributed by atoms with van der Waals surface area (Å²) in [6, 6.07) is 12.9. The van der Waals surface area contributed by atoms with Crippen LogP contribution in [0.4, 0.5) is 0 Å². The SMILES string of the molecule is COP(=O)(CN1C(=O)c2ccccc2C1=O)NCCCN(CCCCN=[N+]=[N-])S(=O)(=O)c1ccc(C)cc1. The number of aryl methyl sites for hydroxylation is 1. The number of carbonyl (C=O) groups is 2. The summed E-state index contributed by atoms with van der Waals surface area (Å²) in [5.74, 6) is -1.08. The number of unbranched alkanes of at least 4 members (excludes halogenated alkanes) is 1. The molecule has 2 aromatic carbocycles. The largest absolute Gasteiger partial charge is 0.320 e. The lowest BCUT2D eigenvalue weighted by Crippen LogP contribution is -2.36. The normalized spacial score (nSPS) is 14.9. The van der Waals surface area contributed by atoms with Gasteiger partial charge in [0.2, 0.25) is 10.0 Å². The Balaban J connectivity index is 1.63. The van der Waals surface area contributed by atoms with Gasteiger partial charge in [0.15, 0.2) is 0 Å². The molecule has 0 aliphatic carbocycles. The van der Waals surface area contributed by atoms with Crippen LogP contribution in [0.25, 0.3) is 10.4 Å². The van der Waals surface area contributed by atoms with Gasteiger partial charge in [0.25, 0.3) is 19.3 Å². The molecule has 0 aromatic heterocycles. The Hall–Kier alpha value is -3.05. The van der Waals surface area contributed by atoms with E-state index in [0.29, 0.717) is 12.8 Å². The van der Waals surface area contributed by atoms with Gasteiger partial charge in [-0.25, -0.2) is 13.5 Å². The third-order valence-electron chi connectivity index (χ3n) is 6.08. The van der Waals surface area contributed by atoms with Crippen molar-refractivity contribution in [2.75, 3.05) is 39.6 Å². The van der Waals surface area contributed by atoms with Crippen LogP contribution in [0.3, 0.4) is 0 Å². The molecule has 1 aliphatic rings. The van der Waals surface area contributed by atoms with Crippen molar-refractivity contribution in [1.29, 1.82) is 0 Å². The average molecular weight is 563 g/mol. The predicted octanol–water partition coefficient (Wildman–Crippen LogP) is 4.15. The summed E-state index contributed by atoms with van der Waals surface area (Å²) in [4.78, 5) is 29.1. The van der Waals surface area contributed by atoms with E-state index in [-0.39, 0.29) is 48.6 Å². The van der Waals surface area contributed by atoms with Gasteiger partial charge >= 0.3 is 0 Å². The third kappa shape index (κ3) is 7.08. The van der Waals surface area contributed by atoms with E-state index in [1.54, 1.807) is 36.4 Å². The highest BCUT2D eigenvalue weighted by molar-refractivity contribution is 7.89. The van der Waals surface area contributed by atoms with Gasteiger partial charge in [0, 0.05) is 38.2 Å². The Labute approximate surface area is 222 Å². The molecule has 1 aliphatic heterocycles. The number of hydrogen-bond donors (Lipinski definition) is 1. The number of nitrogens with one attached hydrogen (secondary N) is 1. The van der Waals surface area contributed by atoms with Crippen LogP contribution in [0.2, 0.25) is 0 Å². The number of amides is 2. The first kappa shape index (κ1) is 29.5. The minimum atomic E-state index is -3.79. The molecule has 0 fully saturated rings. The zero-order valence-electron chi connectivity index (χ0n) is 21.3. The van der Waals surface area contributed by atoms with Gasteiger partial charge in [-0.05, 0) is 56.0 Å². The Kier molecular flexibility index (Phi) is 10.2. The molecule has 1 heterocycles. The summed E-state index contributed by atoms with van der Waals surface area (Å²) >= 11 is 0. The van der Waals surface area contributed by atoms with E-state index < -0.39 is 35.6 Å². The number of nitrogens with zero attached hydrogens (tertiary/aromatic N) is 5. The molecule has 12 nitrogen and oxygen atoms in total. The zero-order valence-corrected chi connectivity index (χ0v) is 23.0. The van der Waals surface area contributed by atoms with Crippen LogP contribution >= 0.6 is 7.52 Å². The lowest BCUT2D eigenvalue weighted by atomic mass is 10.1. The van der Waals surface area contributed by atoms with E-state index in [9.17, 15) is 22.6 Å². The van der Waals surface area contributed by atoms with Crippen molar-refractivity contribution >= 4 is 29.4 Å². The second kappa shape index (κ2) is 13.1. The van der Waals surface area contributed by atoms with E-state index in [2.05, 4.69) is 15.1 Å².